The highest BCUT2D eigenvalue weighted by atomic mass is 32.1. The number of hydrogen-bond acceptors (Lipinski definition) is 5. The molecule has 0 radical (unpaired) electrons. The van der Waals surface area contributed by atoms with Gasteiger partial charge < -0.3 is 14.8 Å². The average Bonchev–Trinajstić information content (AvgIpc) is 2.89. The van der Waals surface area contributed by atoms with Gasteiger partial charge in [0.05, 0.1) is 24.9 Å². The van der Waals surface area contributed by atoms with Crippen LogP contribution in [0.25, 0.3) is 0 Å². The molecule has 0 saturated heterocycles. The van der Waals surface area contributed by atoms with E-state index in [4.69, 9.17) is 9.47 Å². The lowest BCUT2D eigenvalue weighted by Gasteiger charge is -2.16. The standard InChI is InChI=1S/C15H20N2O2S/c1-10(16-8-13-9-20-11(2)17-13)12-5-6-14(18-3)15(7-12)19-4/h5-7,9-10,16H,8H2,1-4H3. The second kappa shape index (κ2) is 6.72. The van der Waals surface area contributed by atoms with Gasteiger partial charge in [0.2, 0.25) is 0 Å². The Balaban J connectivity index is 2.03. The number of methoxy groups -OCH3 is 2. The fraction of sp³-hybridized carbons (Fsp3) is 0.400. The molecule has 0 aliphatic rings. The van der Waals surface area contributed by atoms with Crippen LogP contribution in [0.4, 0.5) is 0 Å². The van der Waals surface area contributed by atoms with Crippen LogP contribution in [0.2, 0.25) is 0 Å². The lowest BCUT2D eigenvalue weighted by Crippen LogP contribution is -2.18. The molecule has 0 bridgehead atoms. The number of ether oxygens (including phenoxy) is 2. The molecule has 0 aliphatic carbocycles. The third kappa shape index (κ3) is 3.49. The Morgan fingerprint density at radius 3 is 2.60 bits per heavy atom. The SMILES string of the molecule is COc1ccc(C(C)NCc2csc(C)n2)cc1OC. The maximum absolute atomic E-state index is 5.33. The third-order valence-corrected chi connectivity index (χ3v) is 3.99. The summed E-state index contributed by atoms with van der Waals surface area (Å²) in [6.07, 6.45) is 0. The summed E-state index contributed by atoms with van der Waals surface area (Å²) in [6, 6.07) is 6.20. The van der Waals surface area contributed by atoms with Crippen LogP contribution in [0.1, 0.15) is 29.2 Å². The fourth-order valence-corrected chi connectivity index (χ4v) is 2.60. The zero-order chi connectivity index (χ0) is 14.5. The van der Waals surface area contributed by atoms with Gasteiger partial charge in [-0.2, -0.15) is 0 Å². The van der Waals surface area contributed by atoms with E-state index in [1.807, 2.05) is 25.1 Å². The summed E-state index contributed by atoms with van der Waals surface area (Å²) in [5.41, 5.74) is 2.24. The summed E-state index contributed by atoms with van der Waals surface area (Å²) in [5, 5.41) is 6.65. The van der Waals surface area contributed by atoms with Crippen molar-refractivity contribution >= 4 is 11.3 Å². The van der Waals surface area contributed by atoms with Crippen LogP contribution in [0.15, 0.2) is 23.6 Å². The molecule has 0 aliphatic heterocycles. The predicted molar refractivity (Wildman–Crippen MR) is 81.7 cm³/mol. The Morgan fingerprint density at radius 2 is 2.00 bits per heavy atom. The first-order chi connectivity index (χ1) is 9.63. The van der Waals surface area contributed by atoms with Gasteiger partial charge in [0, 0.05) is 18.0 Å². The van der Waals surface area contributed by atoms with E-state index in [1.54, 1.807) is 25.6 Å². The van der Waals surface area contributed by atoms with Gasteiger partial charge in [-0.1, -0.05) is 6.07 Å². The highest BCUT2D eigenvalue weighted by molar-refractivity contribution is 7.09. The van der Waals surface area contributed by atoms with Crippen molar-refractivity contribution in [2.45, 2.75) is 26.4 Å². The Labute approximate surface area is 123 Å². The quantitative estimate of drug-likeness (QED) is 0.887. The molecule has 1 heterocycles. The van der Waals surface area contributed by atoms with Gasteiger partial charge in [-0.05, 0) is 31.5 Å². The van der Waals surface area contributed by atoms with E-state index < -0.39 is 0 Å². The summed E-state index contributed by atoms with van der Waals surface area (Å²) < 4.78 is 10.6. The Hall–Kier alpha value is -1.59. The number of nitrogens with one attached hydrogen (secondary N) is 1. The van der Waals surface area contributed by atoms with Crippen LogP contribution in [0.5, 0.6) is 11.5 Å². The second-order valence-electron chi connectivity index (χ2n) is 4.57. The van der Waals surface area contributed by atoms with Crippen LogP contribution in [-0.2, 0) is 6.54 Å². The van der Waals surface area contributed by atoms with Crippen molar-refractivity contribution in [1.82, 2.24) is 10.3 Å². The molecule has 2 rings (SSSR count). The topological polar surface area (TPSA) is 43.4 Å². The normalized spacial score (nSPS) is 12.2. The maximum Gasteiger partial charge on any atom is 0.161 e. The molecule has 1 unspecified atom stereocenters. The third-order valence-electron chi connectivity index (χ3n) is 3.16. The Morgan fingerprint density at radius 1 is 1.25 bits per heavy atom. The number of nitrogens with zero attached hydrogens (tertiary/aromatic N) is 1. The van der Waals surface area contributed by atoms with E-state index >= 15 is 0 Å². The summed E-state index contributed by atoms with van der Waals surface area (Å²) in [6.45, 7) is 4.91. The smallest absolute Gasteiger partial charge is 0.161 e. The number of aromatic nitrogens is 1. The number of benzene rings is 1. The first-order valence-electron chi connectivity index (χ1n) is 6.50. The average molecular weight is 292 g/mol. The van der Waals surface area contributed by atoms with Crippen molar-refractivity contribution in [1.29, 1.82) is 0 Å². The molecular formula is C15H20N2O2S. The molecule has 0 spiro atoms. The van der Waals surface area contributed by atoms with Gasteiger partial charge in [0.25, 0.3) is 0 Å². The van der Waals surface area contributed by atoms with Crippen LogP contribution >= 0.6 is 11.3 Å². The van der Waals surface area contributed by atoms with E-state index in [-0.39, 0.29) is 6.04 Å². The molecule has 0 saturated carbocycles. The van der Waals surface area contributed by atoms with Crippen molar-refractivity contribution in [3.8, 4) is 11.5 Å². The minimum Gasteiger partial charge on any atom is -0.493 e. The molecule has 0 amide bonds. The van der Waals surface area contributed by atoms with Crippen molar-refractivity contribution in [2.24, 2.45) is 0 Å². The monoisotopic (exact) mass is 292 g/mol. The van der Waals surface area contributed by atoms with Crippen LogP contribution in [-0.4, -0.2) is 19.2 Å². The van der Waals surface area contributed by atoms with Crippen LogP contribution in [0.3, 0.4) is 0 Å². The van der Waals surface area contributed by atoms with E-state index in [2.05, 4.69) is 22.6 Å². The largest absolute Gasteiger partial charge is 0.493 e. The first kappa shape index (κ1) is 14.8. The summed E-state index contributed by atoms with van der Waals surface area (Å²) in [5.74, 6) is 1.50. The minimum absolute atomic E-state index is 0.219. The van der Waals surface area contributed by atoms with E-state index in [1.165, 1.54) is 0 Å². The van der Waals surface area contributed by atoms with Gasteiger partial charge in [-0.25, -0.2) is 4.98 Å². The van der Waals surface area contributed by atoms with E-state index in [0.717, 1.165) is 34.3 Å². The lowest BCUT2D eigenvalue weighted by atomic mass is 10.1. The van der Waals surface area contributed by atoms with Gasteiger partial charge >= 0.3 is 0 Å². The first-order valence-corrected chi connectivity index (χ1v) is 7.38. The molecule has 108 valence electrons. The Bertz CT molecular complexity index is 569. The van der Waals surface area contributed by atoms with Gasteiger partial charge in [0.15, 0.2) is 11.5 Å². The molecular weight excluding hydrogens is 272 g/mol. The molecule has 5 heteroatoms. The van der Waals surface area contributed by atoms with Crippen molar-refractivity contribution in [3.05, 3.63) is 39.8 Å². The molecule has 1 N–H and O–H groups in total. The maximum atomic E-state index is 5.33. The van der Waals surface area contributed by atoms with Crippen LogP contribution in [0, 0.1) is 6.92 Å². The summed E-state index contributed by atoms with van der Waals surface area (Å²) >= 11 is 1.68. The zero-order valence-corrected chi connectivity index (χ0v) is 13.1. The number of aryl methyl sites for hydroxylation is 1. The summed E-state index contributed by atoms with van der Waals surface area (Å²) in [4.78, 5) is 4.45. The van der Waals surface area contributed by atoms with E-state index in [9.17, 15) is 0 Å². The molecule has 4 nitrogen and oxygen atoms in total. The van der Waals surface area contributed by atoms with Crippen molar-refractivity contribution in [3.63, 3.8) is 0 Å². The molecule has 20 heavy (non-hydrogen) atoms. The van der Waals surface area contributed by atoms with Crippen molar-refractivity contribution in [2.75, 3.05) is 14.2 Å². The lowest BCUT2D eigenvalue weighted by molar-refractivity contribution is 0.354. The molecule has 1 aromatic carbocycles. The van der Waals surface area contributed by atoms with E-state index in [0.29, 0.717) is 0 Å². The second-order valence-corrected chi connectivity index (χ2v) is 5.64. The fourth-order valence-electron chi connectivity index (χ4n) is 1.99. The Kier molecular flexibility index (Phi) is 4.98. The highest BCUT2D eigenvalue weighted by Gasteiger charge is 2.10. The van der Waals surface area contributed by atoms with Gasteiger partial charge in [-0.15, -0.1) is 11.3 Å². The number of hydrogen-bond donors (Lipinski definition) is 1. The molecule has 0 fully saturated rings. The zero-order valence-electron chi connectivity index (χ0n) is 12.3. The number of thiazole rings is 1. The van der Waals surface area contributed by atoms with Gasteiger partial charge in [0.1, 0.15) is 0 Å². The highest BCUT2D eigenvalue weighted by Crippen LogP contribution is 2.29. The minimum atomic E-state index is 0.219. The predicted octanol–water partition coefficient (Wildman–Crippen LogP) is 3.32. The molecule has 1 aromatic heterocycles. The van der Waals surface area contributed by atoms with Crippen molar-refractivity contribution < 1.29 is 9.47 Å². The molecule has 1 atom stereocenters. The molecule has 2 aromatic rings. The number of rotatable bonds is 6. The van der Waals surface area contributed by atoms with Gasteiger partial charge in [-0.3, -0.25) is 0 Å². The van der Waals surface area contributed by atoms with Crippen LogP contribution < -0.4 is 14.8 Å². The summed E-state index contributed by atoms with van der Waals surface area (Å²) in [7, 11) is 3.29.